The van der Waals surface area contributed by atoms with Gasteiger partial charge in [0.15, 0.2) is 0 Å². The molecule has 2 aromatic carbocycles. The predicted octanol–water partition coefficient (Wildman–Crippen LogP) is 2.46. The topological polar surface area (TPSA) is 92.5 Å². The number of halogens is 1. The quantitative estimate of drug-likeness (QED) is 0.772. The lowest BCUT2D eigenvalue weighted by Gasteiger charge is -2.30. The molecule has 1 aliphatic rings. The molecule has 0 bridgehead atoms. The summed E-state index contributed by atoms with van der Waals surface area (Å²) in [5.74, 6) is -0.139. The van der Waals surface area contributed by atoms with Gasteiger partial charge in [-0.25, -0.2) is 13.1 Å². The third-order valence-electron chi connectivity index (χ3n) is 4.89. The number of carbonyl (C=O) groups is 1. The number of piperidine rings is 1. The number of nitrogens with zero attached hydrogens (tertiary/aromatic N) is 1. The molecule has 0 aliphatic carbocycles. The number of hydrogen-bond acceptors (Lipinski definition) is 4. The fourth-order valence-electron chi connectivity index (χ4n) is 3.13. The second-order valence-corrected chi connectivity index (χ2v) is 8.68. The van der Waals surface area contributed by atoms with E-state index in [2.05, 4.69) is 4.72 Å². The molecule has 152 valence electrons. The van der Waals surface area contributed by atoms with Crippen LogP contribution in [0.25, 0.3) is 0 Å². The number of nitrogens with two attached hydrogens (primary N) is 1. The maximum absolute atomic E-state index is 12.9. The van der Waals surface area contributed by atoms with Crippen molar-refractivity contribution in [1.29, 1.82) is 0 Å². The van der Waals surface area contributed by atoms with Crippen LogP contribution in [0.3, 0.4) is 0 Å². The van der Waals surface area contributed by atoms with Crippen LogP contribution in [0.5, 0.6) is 0 Å². The van der Waals surface area contributed by atoms with Gasteiger partial charge in [0.2, 0.25) is 10.0 Å². The maximum atomic E-state index is 12.9. The third-order valence-corrected chi connectivity index (χ3v) is 6.28. The molecule has 28 heavy (non-hydrogen) atoms. The van der Waals surface area contributed by atoms with Gasteiger partial charge < -0.3 is 10.6 Å². The molecular formula is C20H26ClN3O3S. The summed E-state index contributed by atoms with van der Waals surface area (Å²) in [4.78, 5) is 14.7. The smallest absolute Gasteiger partial charge is 0.254 e. The van der Waals surface area contributed by atoms with Crippen LogP contribution >= 0.6 is 12.4 Å². The molecule has 3 N–H and O–H groups in total. The Morgan fingerprint density at radius 1 is 1.14 bits per heavy atom. The molecule has 1 fully saturated rings. The van der Waals surface area contributed by atoms with Crippen molar-refractivity contribution < 1.29 is 13.2 Å². The van der Waals surface area contributed by atoms with Gasteiger partial charge >= 0.3 is 0 Å². The van der Waals surface area contributed by atoms with Crippen molar-refractivity contribution in [2.45, 2.75) is 37.2 Å². The highest BCUT2D eigenvalue weighted by atomic mass is 35.5. The third kappa shape index (κ3) is 5.32. The number of carbonyl (C=O) groups excluding carboxylic acids is 1. The molecule has 1 amide bonds. The van der Waals surface area contributed by atoms with Crippen molar-refractivity contribution in [3.63, 3.8) is 0 Å². The lowest BCUT2D eigenvalue weighted by molar-refractivity contribution is 0.0713. The standard InChI is InChI=1S/C20H25N3O3S.ClH/c1-15-7-8-18(27(25,26)22-14-16-5-3-2-4-6-16)13-19(15)20(24)23-11-9-17(21)10-12-23;/h2-8,13,17,22H,9-12,14,21H2,1H3;1H. The summed E-state index contributed by atoms with van der Waals surface area (Å²) in [7, 11) is -3.71. The van der Waals surface area contributed by atoms with Crippen LogP contribution in [-0.4, -0.2) is 38.4 Å². The van der Waals surface area contributed by atoms with Gasteiger partial charge in [0.05, 0.1) is 4.90 Å². The molecule has 0 atom stereocenters. The number of aryl methyl sites for hydroxylation is 1. The number of likely N-dealkylation sites (tertiary alicyclic amines) is 1. The molecule has 0 unspecified atom stereocenters. The Morgan fingerprint density at radius 3 is 2.43 bits per heavy atom. The van der Waals surface area contributed by atoms with Crippen LogP contribution < -0.4 is 10.5 Å². The zero-order valence-electron chi connectivity index (χ0n) is 15.8. The molecule has 2 aromatic rings. The van der Waals surface area contributed by atoms with Crippen molar-refractivity contribution in [2.24, 2.45) is 5.73 Å². The molecule has 0 saturated carbocycles. The largest absolute Gasteiger partial charge is 0.339 e. The molecule has 8 heteroatoms. The molecule has 1 heterocycles. The van der Waals surface area contributed by atoms with Crippen molar-refractivity contribution in [1.82, 2.24) is 9.62 Å². The number of amides is 1. The Kier molecular flexibility index (Phi) is 7.60. The van der Waals surface area contributed by atoms with Crippen LogP contribution in [0.2, 0.25) is 0 Å². The van der Waals surface area contributed by atoms with Gasteiger partial charge in [0, 0.05) is 31.2 Å². The second-order valence-electron chi connectivity index (χ2n) is 6.92. The predicted molar refractivity (Wildman–Crippen MR) is 112 cm³/mol. The Labute approximate surface area is 172 Å². The highest BCUT2D eigenvalue weighted by molar-refractivity contribution is 7.89. The first kappa shape index (κ1) is 22.4. The van der Waals surface area contributed by atoms with Gasteiger partial charge in [0.1, 0.15) is 0 Å². The molecule has 0 aromatic heterocycles. The van der Waals surface area contributed by atoms with Gasteiger partial charge in [0.25, 0.3) is 5.91 Å². The van der Waals surface area contributed by atoms with Crippen molar-refractivity contribution >= 4 is 28.3 Å². The Balaban J connectivity index is 0.00000280. The number of sulfonamides is 1. The lowest BCUT2D eigenvalue weighted by atomic mass is 10.0. The summed E-state index contributed by atoms with van der Waals surface area (Å²) >= 11 is 0. The van der Waals surface area contributed by atoms with Crippen LogP contribution in [0, 0.1) is 6.92 Å². The minimum atomic E-state index is -3.71. The van der Waals surface area contributed by atoms with Gasteiger partial charge in [-0.2, -0.15) is 0 Å². The fraction of sp³-hybridized carbons (Fsp3) is 0.350. The van der Waals surface area contributed by atoms with Crippen LogP contribution in [0.4, 0.5) is 0 Å². The zero-order valence-corrected chi connectivity index (χ0v) is 17.4. The molecule has 0 spiro atoms. The summed E-state index contributed by atoms with van der Waals surface area (Å²) in [5.41, 5.74) is 7.96. The number of benzene rings is 2. The maximum Gasteiger partial charge on any atom is 0.254 e. The number of hydrogen-bond donors (Lipinski definition) is 2. The van der Waals surface area contributed by atoms with Crippen molar-refractivity contribution in [3.05, 3.63) is 65.2 Å². The minimum absolute atomic E-state index is 0. The Hall–Kier alpha value is -1.93. The van der Waals surface area contributed by atoms with Crippen LogP contribution in [0.15, 0.2) is 53.4 Å². The minimum Gasteiger partial charge on any atom is -0.339 e. The van der Waals surface area contributed by atoms with E-state index in [1.165, 1.54) is 12.1 Å². The number of rotatable bonds is 5. The van der Waals surface area contributed by atoms with Crippen molar-refractivity contribution in [3.8, 4) is 0 Å². The monoisotopic (exact) mass is 423 g/mol. The van der Waals surface area contributed by atoms with E-state index in [1.807, 2.05) is 37.3 Å². The number of nitrogens with one attached hydrogen (secondary N) is 1. The van der Waals surface area contributed by atoms with E-state index in [4.69, 9.17) is 5.73 Å². The van der Waals surface area contributed by atoms with Gasteiger partial charge in [-0.3, -0.25) is 4.79 Å². The van der Waals surface area contributed by atoms with Gasteiger partial charge in [-0.15, -0.1) is 12.4 Å². The highest BCUT2D eigenvalue weighted by Gasteiger charge is 2.24. The highest BCUT2D eigenvalue weighted by Crippen LogP contribution is 2.20. The summed E-state index contributed by atoms with van der Waals surface area (Å²) in [5, 5.41) is 0. The average Bonchev–Trinajstić information content (AvgIpc) is 2.67. The molecular weight excluding hydrogens is 398 g/mol. The summed E-state index contributed by atoms with van der Waals surface area (Å²) in [6.07, 6.45) is 1.53. The van der Waals surface area contributed by atoms with Crippen molar-refractivity contribution in [2.75, 3.05) is 13.1 Å². The molecule has 1 saturated heterocycles. The van der Waals surface area contributed by atoms with Crippen LogP contribution in [-0.2, 0) is 16.6 Å². The average molecular weight is 424 g/mol. The van der Waals surface area contributed by atoms with E-state index in [9.17, 15) is 13.2 Å². The van der Waals surface area contributed by atoms with E-state index in [-0.39, 0.29) is 35.8 Å². The molecule has 6 nitrogen and oxygen atoms in total. The second kappa shape index (κ2) is 9.52. The molecule has 3 rings (SSSR count). The van der Waals surface area contributed by atoms with E-state index in [0.29, 0.717) is 18.7 Å². The molecule has 1 aliphatic heterocycles. The lowest BCUT2D eigenvalue weighted by Crippen LogP contribution is -2.43. The summed E-state index contributed by atoms with van der Waals surface area (Å²) in [6.45, 7) is 3.21. The summed E-state index contributed by atoms with van der Waals surface area (Å²) < 4.78 is 27.9. The SMILES string of the molecule is Cc1ccc(S(=O)(=O)NCc2ccccc2)cc1C(=O)N1CCC(N)CC1.Cl. The Bertz CT molecular complexity index is 912. The zero-order chi connectivity index (χ0) is 19.4. The molecule has 0 radical (unpaired) electrons. The van der Waals surface area contributed by atoms with E-state index in [0.717, 1.165) is 24.0 Å². The first-order chi connectivity index (χ1) is 12.9. The van der Waals surface area contributed by atoms with E-state index in [1.54, 1.807) is 11.0 Å². The van der Waals surface area contributed by atoms with E-state index < -0.39 is 10.0 Å². The van der Waals surface area contributed by atoms with Gasteiger partial charge in [-0.05, 0) is 43.0 Å². The fourth-order valence-corrected chi connectivity index (χ4v) is 4.17. The Morgan fingerprint density at radius 2 is 1.79 bits per heavy atom. The normalized spacial score (nSPS) is 15.1. The van der Waals surface area contributed by atoms with Crippen LogP contribution in [0.1, 0.15) is 34.3 Å². The first-order valence-electron chi connectivity index (χ1n) is 9.06. The summed E-state index contributed by atoms with van der Waals surface area (Å²) in [6, 6.07) is 14.1. The van der Waals surface area contributed by atoms with Gasteiger partial charge in [-0.1, -0.05) is 36.4 Å². The first-order valence-corrected chi connectivity index (χ1v) is 10.5. The van der Waals surface area contributed by atoms with E-state index >= 15 is 0 Å².